The van der Waals surface area contributed by atoms with Crippen LogP contribution in [0.25, 0.3) is 0 Å². The second-order valence-corrected chi connectivity index (χ2v) is 3.78. The molecule has 0 saturated carbocycles. The minimum absolute atomic E-state index is 0.307. The first-order valence-corrected chi connectivity index (χ1v) is 4.75. The van der Waals surface area contributed by atoms with Gasteiger partial charge in [0, 0.05) is 6.04 Å². The van der Waals surface area contributed by atoms with Crippen LogP contribution in [0.3, 0.4) is 0 Å². The van der Waals surface area contributed by atoms with Gasteiger partial charge in [-0.15, -0.1) is 0 Å². The van der Waals surface area contributed by atoms with Gasteiger partial charge < -0.3 is 5.32 Å². The van der Waals surface area contributed by atoms with E-state index in [4.69, 9.17) is 5.21 Å². The molecule has 3 N–H and O–H groups in total. The monoisotopic (exact) mass is 245 g/mol. The molecule has 0 aromatic carbocycles. The Morgan fingerprint density at radius 1 is 1.46 bits per heavy atom. The lowest BCUT2D eigenvalue weighted by molar-refractivity contribution is 0.389. The summed E-state index contributed by atoms with van der Waals surface area (Å²) < 4.78 is 0.731. The zero-order valence-corrected chi connectivity index (χ0v) is 9.09. The van der Waals surface area contributed by atoms with E-state index < -0.39 is 0 Å². The van der Waals surface area contributed by atoms with E-state index in [0.717, 1.165) is 10.3 Å². The van der Waals surface area contributed by atoms with E-state index >= 15 is 0 Å². The molecule has 1 rings (SSSR count). The zero-order chi connectivity index (χ0) is 9.84. The molecule has 5 heteroatoms. The standard InChI is InChI=1S/C8H12BrN3O/c1-5(2)11-6-3-8(9)10-4-7(6)12-13/h3-5,12-13H,1-2H3,(H,10,11). The molecule has 0 saturated heterocycles. The van der Waals surface area contributed by atoms with Crippen molar-refractivity contribution in [1.29, 1.82) is 0 Å². The van der Waals surface area contributed by atoms with Crippen molar-refractivity contribution in [3.63, 3.8) is 0 Å². The minimum Gasteiger partial charge on any atom is -0.381 e. The van der Waals surface area contributed by atoms with E-state index in [1.165, 1.54) is 0 Å². The number of anilines is 2. The summed E-state index contributed by atoms with van der Waals surface area (Å²) in [5, 5.41) is 11.9. The van der Waals surface area contributed by atoms with Gasteiger partial charge in [-0.3, -0.25) is 10.7 Å². The number of hydrogen-bond acceptors (Lipinski definition) is 4. The van der Waals surface area contributed by atoms with Gasteiger partial charge in [0.2, 0.25) is 0 Å². The molecule has 4 nitrogen and oxygen atoms in total. The Bertz CT molecular complexity index is 291. The van der Waals surface area contributed by atoms with Crippen molar-refractivity contribution in [2.24, 2.45) is 0 Å². The van der Waals surface area contributed by atoms with Crippen LogP contribution in [0.4, 0.5) is 11.4 Å². The molecule has 0 amide bonds. The van der Waals surface area contributed by atoms with Gasteiger partial charge in [0.15, 0.2) is 0 Å². The highest BCUT2D eigenvalue weighted by molar-refractivity contribution is 9.10. The molecule has 0 aliphatic rings. The van der Waals surface area contributed by atoms with Crippen molar-refractivity contribution in [3.05, 3.63) is 16.9 Å². The van der Waals surface area contributed by atoms with Crippen molar-refractivity contribution in [2.75, 3.05) is 10.8 Å². The van der Waals surface area contributed by atoms with E-state index in [9.17, 15) is 0 Å². The Labute approximate surface area is 85.5 Å². The highest BCUT2D eigenvalue weighted by atomic mass is 79.9. The first-order valence-electron chi connectivity index (χ1n) is 3.95. The Hall–Kier alpha value is -0.810. The van der Waals surface area contributed by atoms with Gasteiger partial charge in [0.05, 0.1) is 11.9 Å². The predicted octanol–water partition coefficient (Wildman–Crippen LogP) is 2.47. The number of hydrogen-bond donors (Lipinski definition) is 3. The van der Waals surface area contributed by atoms with Crippen LogP contribution < -0.4 is 10.8 Å². The van der Waals surface area contributed by atoms with Crippen LogP contribution >= 0.6 is 15.9 Å². The Balaban J connectivity index is 2.94. The summed E-state index contributed by atoms with van der Waals surface area (Å²) in [6, 6.07) is 2.11. The smallest absolute Gasteiger partial charge is 0.108 e. The summed E-state index contributed by atoms with van der Waals surface area (Å²) in [5.74, 6) is 0. The molecule has 0 aliphatic carbocycles. The molecule has 1 aromatic heterocycles. The summed E-state index contributed by atoms with van der Waals surface area (Å²) in [6.07, 6.45) is 1.55. The maximum absolute atomic E-state index is 8.78. The van der Waals surface area contributed by atoms with Crippen LogP contribution in [0.5, 0.6) is 0 Å². The third-order valence-electron chi connectivity index (χ3n) is 1.44. The number of aromatic nitrogens is 1. The van der Waals surface area contributed by atoms with Crippen molar-refractivity contribution >= 4 is 27.3 Å². The summed E-state index contributed by atoms with van der Waals surface area (Å²) >= 11 is 3.25. The molecule has 0 spiro atoms. The number of nitrogens with zero attached hydrogens (tertiary/aromatic N) is 1. The van der Waals surface area contributed by atoms with Crippen molar-refractivity contribution in [3.8, 4) is 0 Å². The van der Waals surface area contributed by atoms with Crippen molar-refractivity contribution < 1.29 is 5.21 Å². The van der Waals surface area contributed by atoms with Crippen molar-refractivity contribution in [2.45, 2.75) is 19.9 Å². The second kappa shape index (κ2) is 4.43. The summed E-state index contributed by atoms with van der Waals surface area (Å²) in [4.78, 5) is 3.97. The quantitative estimate of drug-likeness (QED) is 0.566. The number of halogens is 1. The third-order valence-corrected chi connectivity index (χ3v) is 1.87. The molecule has 0 aliphatic heterocycles. The highest BCUT2D eigenvalue weighted by Gasteiger charge is 2.03. The third kappa shape index (κ3) is 2.86. The van der Waals surface area contributed by atoms with Crippen LogP contribution in [0.1, 0.15) is 13.8 Å². The van der Waals surface area contributed by atoms with E-state index in [-0.39, 0.29) is 0 Å². The zero-order valence-electron chi connectivity index (χ0n) is 7.50. The first-order chi connectivity index (χ1) is 6.13. The van der Waals surface area contributed by atoms with Gasteiger partial charge in [-0.05, 0) is 35.8 Å². The minimum atomic E-state index is 0.307. The molecule has 0 atom stereocenters. The van der Waals surface area contributed by atoms with Crippen LogP contribution in [-0.2, 0) is 0 Å². The van der Waals surface area contributed by atoms with Crippen LogP contribution in [-0.4, -0.2) is 16.2 Å². The van der Waals surface area contributed by atoms with Gasteiger partial charge in [-0.2, -0.15) is 0 Å². The Kier molecular flexibility index (Phi) is 3.50. The van der Waals surface area contributed by atoms with Crippen LogP contribution in [0, 0.1) is 0 Å². The van der Waals surface area contributed by atoms with Crippen LogP contribution in [0.15, 0.2) is 16.9 Å². The lowest BCUT2D eigenvalue weighted by Gasteiger charge is -2.13. The van der Waals surface area contributed by atoms with E-state index in [0.29, 0.717) is 11.7 Å². The maximum Gasteiger partial charge on any atom is 0.108 e. The normalized spacial score (nSPS) is 10.2. The average Bonchev–Trinajstić information content (AvgIpc) is 2.03. The van der Waals surface area contributed by atoms with Gasteiger partial charge >= 0.3 is 0 Å². The molecule has 13 heavy (non-hydrogen) atoms. The summed E-state index contributed by atoms with van der Waals surface area (Å²) in [5.41, 5.74) is 3.47. The van der Waals surface area contributed by atoms with E-state index in [1.54, 1.807) is 12.3 Å². The number of pyridine rings is 1. The lowest BCUT2D eigenvalue weighted by atomic mass is 10.3. The average molecular weight is 246 g/mol. The molecule has 72 valence electrons. The highest BCUT2D eigenvalue weighted by Crippen LogP contribution is 2.23. The largest absolute Gasteiger partial charge is 0.381 e. The fraction of sp³-hybridized carbons (Fsp3) is 0.375. The van der Waals surface area contributed by atoms with Crippen molar-refractivity contribution in [1.82, 2.24) is 4.98 Å². The molecule has 0 unspecified atom stereocenters. The van der Waals surface area contributed by atoms with Gasteiger partial charge in [-0.1, -0.05) is 0 Å². The van der Waals surface area contributed by atoms with E-state index in [1.807, 2.05) is 13.8 Å². The number of nitrogens with one attached hydrogen (secondary N) is 2. The van der Waals surface area contributed by atoms with E-state index in [2.05, 4.69) is 31.7 Å². The molecular weight excluding hydrogens is 234 g/mol. The Morgan fingerprint density at radius 2 is 2.15 bits per heavy atom. The lowest BCUT2D eigenvalue weighted by Crippen LogP contribution is -2.11. The molecule has 1 aromatic rings. The number of rotatable bonds is 3. The maximum atomic E-state index is 8.78. The molecule has 0 bridgehead atoms. The molecule has 0 radical (unpaired) electrons. The summed E-state index contributed by atoms with van der Waals surface area (Å²) in [7, 11) is 0. The topological polar surface area (TPSA) is 57.2 Å². The fourth-order valence-corrected chi connectivity index (χ4v) is 1.28. The van der Waals surface area contributed by atoms with Gasteiger partial charge in [-0.25, -0.2) is 4.98 Å². The predicted molar refractivity (Wildman–Crippen MR) is 56.1 cm³/mol. The fourth-order valence-electron chi connectivity index (χ4n) is 0.949. The van der Waals surface area contributed by atoms with Gasteiger partial charge in [0.1, 0.15) is 10.3 Å². The Morgan fingerprint density at radius 3 is 2.69 bits per heavy atom. The van der Waals surface area contributed by atoms with Crippen LogP contribution in [0.2, 0.25) is 0 Å². The second-order valence-electron chi connectivity index (χ2n) is 2.96. The molecule has 0 fully saturated rings. The molecule has 1 heterocycles. The first kappa shape index (κ1) is 10.3. The van der Waals surface area contributed by atoms with Gasteiger partial charge in [0.25, 0.3) is 0 Å². The molecular formula is C8H12BrN3O. The summed E-state index contributed by atoms with van der Waals surface area (Å²) in [6.45, 7) is 4.05. The SMILES string of the molecule is CC(C)Nc1cc(Br)ncc1NO.